The van der Waals surface area contributed by atoms with Gasteiger partial charge in [-0.25, -0.2) is 4.98 Å². The first-order valence-electron chi connectivity index (χ1n) is 11.1. The third-order valence-corrected chi connectivity index (χ3v) is 6.54. The van der Waals surface area contributed by atoms with E-state index in [2.05, 4.69) is 48.3 Å². The van der Waals surface area contributed by atoms with Crippen molar-refractivity contribution in [1.82, 2.24) is 20.1 Å². The van der Waals surface area contributed by atoms with Crippen molar-refractivity contribution < 1.29 is 9.53 Å². The number of aryl methyl sites for hydroxylation is 3. The van der Waals surface area contributed by atoms with Crippen LogP contribution in [0.25, 0.3) is 11.1 Å². The van der Waals surface area contributed by atoms with Crippen molar-refractivity contribution in [2.45, 2.75) is 46.1 Å². The molecule has 1 amide bonds. The van der Waals surface area contributed by atoms with Crippen LogP contribution in [0.1, 0.15) is 46.3 Å². The molecule has 2 aromatic heterocycles. The Kier molecular flexibility index (Phi) is 6.17. The lowest BCUT2D eigenvalue weighted by atomic mass is 10.0. The van der Waals surface area contributed by atoms with Crippen LogP contribution in [0.3, 0.4) is 0 Å². The fraction of sp³-hybridized carbons (Fsp3) is 0.400. The maximum Gasteiger partial charge on any atom is 0.255 e. The van der Waals surface area contributed by atoms with Gasteiger partial charge in [-0.2, -0.15) is 5.10 Å². The molecule has 1 aliphatic carbocycles. The molecular formula is C25H31N5O2. The van der Waals surface area contributed by atoms with Crippen molar-refractivity contribution in [1.29, 1.82) is 0 Å². The second-order valence-corrected chi connectivity index (χ2v) is 8.82. The number of aromatic nitrogens is 3. The van der Waals surface area contributed by atoms with Gasteiger partial charge in [-0.3, -0.25) is 9.48 Å². The average Bonchev–Trinajstić information content (AvgIpc) is 3.39. The second kappa shape index (κ2) is 9.02. The van der Waals surface area contributed by atoms with E-state index in [-0.39, 0.29) is 23.7 Å². The predicted octanol–water partition coefficient (Wildman–Crippen LogP) is 3.97. The molecule has 7 heteroatoms. The molecule has 32 heavy (non-hydrogen) atoms. The molecule has 7 nitrogen and oxygen atoms in total. The van der Waals surface area contributed by atoms with E-state index in [9.17, 15) is 4.79 Å². The maximum atomic E-state index is 13.1. The molecule has 3 aromatic rings. The maximum absolute atomic E-state index is 13.1. The van der Waals surface area contributed by atoms with Gasteiger partial charge in [0.2, 0.25) is 0 Å². The average molecular weight is 434 g/mol. The summed E-state index contributed by atoms with van der Waals surface area (Å²) in [6.07, 6.45) is 8.32. The Morgan fingerprint density at radius 2 is 1.91 bits per heavy atom. The quantitative estimate of drug-likeness (QED) is 0.613. The zero-order chi connectivity index (χ0) is 22.8. The van der Waals surface area contributed by atoms with Crippen molar-refractivity contribution in [2.24, 2.45) is 13.0 Å². The van der Waals surface area contributed by atoms with E-state index in [1.807, 2.05) is 13.2 Å². The number of ether oxygens (including phenoxy) is 1. The van der Waals surface area contributed by atoms with E-state index in [0.717, 1.165) is 36.1 Å². The number of nitrogens with zero attached hydrogens (tertiary/aromatic N) is 3. The number of hydrogen-bond donors (Lipinski definition) is 2. The van der Waals surface area contributed by atoms with Gasteiger partial charge in [0.25, 0.3) is 5.91 Å². The first-order valence-corrected chi connectivity index (χ1v) is 11.1. The SMILES string of the molecule is Cc1cc(OC[C@H]2CCC[C@@H]2NC(=O)c2cc(-c3cnn(C)c3)cnc2N)cc(C)c1C. The molecule has 0 radical (unpaired) electrons. The summed E-state index contributed by atoms with van der Waals surface area (Å²) in [6, 6.07) is 6.01. The molecule has 0 saturated heterocycles. The van der Waals surface area contributed by atoms with Gasteiger partial charge in [0, 0.05) is 42.5 Å². The minimum absolute atomic E-state index is 0.0524. The molecule has 2 atom stereocenters. The van der Waals surface area contributed by atoms with Crippen LogP contribution in [-0.4, -0.2) is 33.3 Å². The highest BCUT2D eigenvalue weighted by Crippen LogP contribution is 2.29. The first kappa shape index (κ1) is 21.9. The van der Waals surface area contributed by atoms with E-state index in [4.69, 9.17) is 10.5 Å². The van der Waals surface area contributed by atoms with Crippen LogP contribution in [-0.2, 0) is 7.05 Å². The van der Waals surface area contributed by atoms with E-state index in [1.54, 1.807) is 23.1 Å². The molecule has 1 aliphatic rings. The van der Waals surface area contributed by atoms with Crippen LogP contribution >= 0.6 is 0 Å². The van der Waals surface area contributed by atoms with E-state index >= 15 is 0 Å². The molecule has 1 saturated carbocycles. The number of nitrogens with one attached hydrogen (secondary N) is 1. The zero-order valence-corrected chi connectivity index (χ0v) is 19.2. The molecule has 0 spiro atoms. The highest BCUT2D eigenvalue weighted by Gasteiger charge is 2.30. The lowest BCUT2D eigenvalue weighted by Gasteiger charge is -2.22. The summed E-state index contributed by atoms with van der Waals surface area (Å²) in [6.45, 7) is 6.91. The summed E-state index contributed by atoms with van der Waals surface area (Å²) in [7, 11) is 1.85. The predicted molar refractivity (Wildman–Crippen MR) is 126 cm³/mol. The zero-order valence-electron chi connectivity index (χ0n) is 19.2. The fourth-order valence-corrected chi connectivity index (χ4v) is 4.34. The fourth-order valence-electron chi connectivity index (χ4n) is 4.34. The third-order valence-electron chi connectivity index (χ3n) is 6.54. The van der Waals surface area contributed by atoms with Crippen LogP contribution in [0.5, 0.6) is 5.75 Å². The third kappa shape index (κ3) is 4.61. The van der Waals surface area contributed by atoms with Gasteiger partial charge < -0.3 is 15.8 Å². The van der Waals surface area contributed by atoms with Gasteiger partial charge in [-0.15, -0.1) is 0 Å². The smallest absolute Gasteiger partial charge is 0.255 e. The number of benzene rings is 1. The number of nitrogen functional groups attached to an aromatic ring is 1. The normalized spacial score (nSPS) is 18.0. The van der Waals surface area contributed by atoms with Crippen LogP contribution in [0.2, 0.25) is 0 Å². The summed E-state index contributed by atoms with van der Waals surface area (Å²) in [5.74, 6) is 1.18. The van der Waals surface area contributed by atoms with Crippen molar-refractivity contribution in [3.05, 3.63) is 59.0 Å². The largest absolute Gasteiger partial charge is 0.493 e. The van der Waals surface area contributed by atoms with Crippen molar-refractivity contribution in [2.75, 3.05) is 12.3 Å². The first-order chi connectivity index (χ1) is 15.3. The molecule has 1 aromatic carbocycles. The number of rotatable bonds is 6. The number of anilines is 1. The van der Waals surface area contributed by atoms with Crippen LogP contribution in [0, 0.1) is 26.7 Å². The molecule has 2 heterocycles. The van der Waals surface area contributed by atoms with E-state index in [1.165, 1.54) is 16.7 Å². The Morgan fingerprint density at radius 1 is 1.16 bits per heavy atom. The van der Waals surface area contributed by atoms with Gasteiger partial charge >= 0.3 is 0 Å². The summed E-state index contributed by atoms with van der Waals surface area (Å²) in [4.78, 5) is 17.3. The number of pyridine rings is 1. The minimum Gasteiger partial charge on any atom is -0.493 e. The lowest BCUT2D eigenvalue weighted by Crippen LogP contribution is -2.39. The topological polar surface area (TPSA) is 95.1 Å². The summed E-state index contributed by atoms with van der Waals surface area (Å²) in [5, 5.41) is 7.37. The van der Waals surface area contributed by atoms with E-state index < -0.39 is 0 Å². The molecule has 0 unspecified atom stereocenters. The molecule has 0 bridgehead atoms. The number of carbonyl (C=O) groups excluding carboxylic acids is 1. The monoisotopic (exact) mass is 433 g/mol. The Hall–Kier alpha value is -3.35. The van der Waals surface area contributed by atoms with Crippen LogP contribution in [0.15, 0.2) is 36.8 Å². The molecule has 4 rings (SSSR count). The van der Waals surface area contributed by atoms with Crippen LogP contribution in [0.4, 0.5) is 5.82 Å². The van der Waals surface area contributed by atoms with Crippen LogP contribution < -0.4 is 15.8 Å². The van der Waals surface area contributed by atoms with E-state index in [0.29, 0.717) is 12.2 Å². The number of nitrogens with two attached hydrogens (primary N) is 1. The highest BCUT2D eigenvalue weighted by atomic mass is 16.5. The van der Waals surface area contributed by atoms with Gasteiger partial charge in [-0.1, -0.05) is 6.42 Å². The van der Waals surface area contributed by atoms with Crippen molar-refractivity contribution >= 4 is 11.7 Å². The minimum atomic E-state index is -0.195. The highest BCUT2D eigenvalue weighted by molar-refractivity contribution is 5.99. The summed E-state index contributed by atoms with van der Waals surface area (Å²) < 4.78 is 7.84. The Morgan fingerprint density at radius 3 is 2.59 bits per heavy atom. The molecule has 0 aliphatic heterocycles. The van der Waals surface area contributed by atoms with Gasteiger partial charge in [0.15, 0.2) is 0 Å². The second-order valence-electron chi connectivity index (χ2n) is 8.82. The van der Waals surface area contributed by atoms with Gasteiger partial charge in [0.1, 0.15) is 11.6 Å². The Labute approximate surface area is 189 Å². The lowest BCUT2D eigenvalue weighted by molar-refractivity contribution is 0.0919. The van der Waals surface area contributed by atoms with Crippen molar-refractivity contribution in [3.63, 3.8) is 0 Å². The summed E-state index contributed by atoms with van der Waals surface area (Å²) in [5.41, 5.74) is 11.9. The van der Waals surface area contributed by atoms with Gasteiger partial charge in [0.05, 0.1) is 18.4 Å². The number of hydrogen-bond acceptors (Lipinski definition) is 5. The summed E-state index contributed by atoms with van der Waals surface area (Å²) >= 11 is 0. The van der Waals surface area contributed by atoms with Crippen molar-refractivity contribution in [3.8, 4) is 16.9 Å². The Bertz CT molecular complexity index is 1110. The molecule has 3 N–H and O–H groups in total. The molecule has 1 fully saturated rings. The van der Waals surface area contributed by atoms with Gasteiger partial charge in [-0.05, 0) is 68.5 Å². The standard InChI is InChI=1S/C25H31N5O2/c1-15-8-21(9-16(2)17(15)3)32-14-18-6-5-7-23(18)29-25(31)22-10-19(11-27-24(22)26)20-12-28-30(4)13-20/h8-13,18,23H,5-7,14H2,1-4H3,(H2,26,27)(H,29,31)/t18-,23+/m1/s1. The Balaban J connectivity index is 1.43. The molecule has 168 valence electrons. The number of amides is 1. The number of carbonyl (C=O) groups is 1. The molecular weight excluding hydrogens is 402 g/mol.